The van der Waals surface area contributed by atoms with Gasteiger partial charge in [-0.2, -0.15) is 0 Å². The smallest absolute Gasteiger partial charge is 0.274 e. The highest BCUT2D eigenvalue weighted by Crippen LogP contribution is 2.25. The maximum absolute atomic E-state index is 12.6. The molecule has 2 aliphatic rings. The molecule has 0 radical (unpaired) electrons. The lowest BCUT2D eigenvalue weighted by Gasteiger charge is -2.32. The number of anilines is 3. The van der Waals surface area contributed by atoms with Crippen LogP contribution in [0.4, 0.5) is 17.3 Å². The number of hydrogen-bond acceptors (Lipinski definition) is 5. The molecule has 0 bridgehead atoms. The minimum absolute atomic E-state index is 0.209. The highest BCUT2D eigenvalue weighted by Gasteiger charge is 2.23. The van der Waals surface area contributed by atoms with Crippen molar-refractivity contribution in [3.63, 3.8) is 0 Å². The zero-order chi connectivity index (χ0) is 18.8. The van der Waals surface area contributed by atoms with Crippen molar-refractivity contribution in [2.45, 2.75) is 45.6 Å². The minimum atomic E-state index is -0.209. The number of amides is 1. The first kappa shape index (κ1) is 17.8. The van der Waals surface area contributed by atoms with E-state index in [4.69, 9.17) is 0 Å². The number of carbonyl (C=O) groups excluding carboxylic acids is 1. The van der Waals surface area contributed by atoms with Gasteiger partial charge in [0.15, 0.2) is 0 Å². The molecule has 142 valence electrons. The summed E-state index contributed by atoms with van der Waals surface area (Å²) in [6.07, 6.45) is 4.76. The molecule has 27 heavy (non-hydrogen) atoms. The molecule has 1 aromatic carbocycles. The number of hydrogen-bond donors (Lipinski definition) is 2. The van der Waals surface area contributed by atoms with Crippen molar-refractivity contribution in [3.05, 3.63) is 41.7 Å². The van der Waals surface area contributed by atoms with Crippen molar-refractivity contribution in [1.29, 1.82) is 0 Å². The van der Waals surface area contributed by atoms with Gasteiger partial charge in [-0.3, -0.25) is 4.79 Å². The van der Waals surface area contributed by atoms with Gasteiger partial charge >= 0.3 is 0 Å². The molecule has 0 atom stereocenters. The number of rotatable bonds is 5. The number of piperidine rings is 1. The Kier molecular flexibility index (Phi) is 4.97. The molecule has 0 spiro atoms. The summed E-state index contributed by atoms with van der Waals surface area (Å²) in [5.41, 5.74) is 3.17. The third-order valence-corrected chi connectivity index (χ3v) is 5.27. The van der Waals surface area contributed by atoms with Crippen LogP contribution in [0.1, 0.15) is 48.8 Å². The maximum Gasteiger partial charge on any atom is 0.274 e. The van der Waals surface area contributed by atoms with Gasteiger partial charge in [-0.1, -0.05) is 6.92 Å². The van der Waals surface area contributed by atoms with Crippen LogP contribution in [0.15, 0.2) is 30.3 Å². The Morgan fingerprint density at radius 2 is 1.78 bits per heavy atom. The first-order valence-electron chi connectivity index (χ1n) is 9.85. The van der Waals surface area contributed by atoms with Crippen molar-refractivity contribution in [2.75, 3.05) is 28.6 Å². The Bertz CT molecular complexity index is 808. The van der Waals surface area contributed by atoms with Crippen LogP contribution in [0, 0.1) is 12.8 Å². The van der Waals surface area contributed by atoms with Crippen LogP contribution in [0.25, 0.3) is 0 Å². The second-order valence-corrected chi connectivity index (χ2v) is 7.81. The summed E-state index contributed by atoms with van der Waals surface area (Å²) in [5.74, 6) is 1.15. The molecule has 6 heteroatoms. The molecule has 4 rings (SSSR count). The zero-order valence-electron chi connectivity index (χ0n) is 16.0. The summed E-state index contributed by atoms with van der Waals surface area (Å²) in [6.45, 7) is 6.40. The van der Waals surface area contributed by atoms with E-state index in [9.17, 15) is 4.79 Å². The van der Waals surface area contributed by atoms with E-state index < -0.39 is 0 Å². The summed E-state index contributed by atoms with van der Waals surface area (Å²) in [6, 6.07) is 10.3. The van der Waals surface area contributed by atoms with E-state index in [2.05, 4.69) is 44.6 Å². The summed E-state index contributed by atoms with van der Waals surface area (Å²) in [4.78, 5) is 23.7. The molecular weight excluding hydrogens is 338 g/mol. The number of carbonyl (C=O) groups is 1. The first-order valence-corrected chi connectivity index (χ1v) is 9.85. The number of aromatic nitrogens is 2. The molecule has 1 aliphatic carbocycles. The fraction of sp³-hybridized carbons (Fsp3) is 0.476. The van der Waals surface area contributed by atoms with Crippen molar-refractivity contribution >= 4 is 23.2 Å². The predicted molar refractivity (Wildman–Crippen MR) is 108 cm³/mol. The quantitative estimate of drug-likeness (QED) is 0.842. The predicted octanol–water partition coefficient (Wildman–Crippen LogP) is 3.85. The zero-order valence-corrected chi connectivity index (χ0v) is 16.0. The number of benzene rings is 1. The van der Waals surface area contributed by atoms with Crippen LogP contribution < -0.4 is 15.5 Å². The maximum atomic E-state index is 12.6. The Morgan fingerprint density at radius 1 is 1.07 bits per heavy atom. The fourth-order valence-corrected chi connectivity index (χ4v) is 3.38. The second-order valence-electron chi connectivity index (χ2n) is 7.81. The monoisotopic (exact) mass is 365 g/mol. The summed E-state index contributed by atoms with van der Waals surface area (Å²) < 4.78 is 0. The Balaban J connectivity index is 1.41. The molecule has 1 aromatic heterocycles. The highest BCUT2D eigenvalue weighted by molar-refractivity contribution is 6.03. The van der Waals surface area contributed by atoms with Gasteiger partial charge in [0.1, 0.15) is 5.69 Å². The van der Waals surface area contributed by atoms with Crippen LogP contribution >= 0.6 is 0 Å². The van der Waals surface area contributed by atoms with Gasteiger partial charge < -0.3 is 15.5 Å². The van der Waals surface area contributed by atoms with Crippen LogP contribution in [-0.2, 0) is 0 Å². The summed E-state index contributed by atoms with van der Waals surface area (Å²) >= 11 is 0. The van der Waals surface area contributed by atoms with Crippen LogP contribution in [0.5, 0.6) is 0 Å². The number of nitrogens with one attached hydrogen (secondary N) is 2. The van der Waals surface area contributed by atoms with Crippen LogP contribution in [-0.4, -0.2) is 35.0 Å². The van der Waals surface area contributed by atoms with E-state index in [0.717, 1.165) is 43.2 Å². The highest BCUT2D eigenvalue weighted by atomic mass is 16.1. The van der Waals surface area contributed by atoms with Crippen molar-refractivity contribution in [3.8, 4) is 0 Å². The third-order valence-electron chi connectivity index (χ3n) is 5.27. The van der Waals surface area contributed by atoms with Crippen molar-refractivity contribution < 1.29 is 4.79 Å². The lowest BCUT2D eigenvalue weighted by atomic mass is 9.99. The number of aryl methyl sites for hydroxylation is 1. The molecule has 2 aromatic rings. The van der Waals surface area contributed by atoms with Crippen LogP contribution in [0.3, 0.4) is 0 Å². The molecule has 1 aliphatic heterocycles. The lowest BCUT2D eigenvalue weighted by Crippen LogP contribution is -2.32. The van der Waals surface area contributed by atoms with Gasteiger partial charge in [-0.05, 0) is 68.9 Å². The van der Waals surface area contributed by atoms with Gasteiger partial charge in [-0.15, -0.1) is 0 Å². The van der Waals surface area contributed by atoms with E-state index >= 15 is 0 Å². The molecule has 1 amide bonds. The van der Waals surface area contributed by atoms with Crippen LogP contribution in [0.2, 0.25) is 0 Å². The van der Waals surface area contributed by atoms with Gasteiger partial charge in [0.25, 0.3) is 5.91 Å². The largest absolute Gasteiger partial charge is 0.372 e. The molecule has 2 heterocycles. The summed E-state index contributed by atoms with van der Waals surface area (Å²) in [7, 11) is 0. The van der Waals surface area contributed by atoms with Crippen molar-refractivity contribution in [1.82, 2.24) is 9.97 Å². The van der Waals surface area contributed by atoms with E-state index in [1.54, 1.807) is 6.07 Å². The van der Waals surface area contributed by atoms with E-state index in [1.165, 1.54) is 18.5 Å². The molecule has 1 saturated heterocycles. The first-order chi connectivity index (χ1) is 13.1. The normalized spacial score (nSPS) is 17.6. The van der Waals surface area contributed by atoms with E-state index in [0.29, 0.717) is 17.7 Å². The fourth-order valence-electron chi connectivity index (χ4n) is 3.38. The van der Waals surface area contributed by atoms with E-state index in [-0.39, 0.29) is 5.91 Å². The van der Waals surface area contributed by atoms with E-state index in [1.807, 2.05) is 19.1 Å². The molecule has 2 fully saturated rings. The Hall–Kier alpha value is -2.63. The second kappa shape index (κ2) is 7.55. The molecule has 0 unspecified atom stereocenters. The molecule has 6 nitrogen and oxygen atoms in total. The Morgan fingerprint density at radius 3 is 2.44 bits per heavy atom. The number of nitrogens with zero attached hydrogens (tertiary/aromatic N) is 3. The topological polar surface area (TPSA) is 70.2 Å². The average Bonchev–Trinajstić information content (AvgIpc) is 3.46. The van der Waals surface area contributed by atoms with Gasteiger partial charge in [0.2, 0.25) is 5.95 Å². The average molecular weight is 365 g/mol. The lowest BCUT2D eigenvalue weighted by molar-refractivity contribution is 0.102. The van der Waals surface area contributed by atoms with Crippen molar-refractivity contribution in [2.24, 2.45) is 5.92 Å². The molecular formula is C21H27N5O. The standard InChI is InChI=1S/C21H27N5O/c1-14-9-11-26(12-10-14)18-7-5-16(6-8-18)23-20(27)19-13-15(2)22-21(25-19)24-17-3-4-17/h5-8,13-14,17H,3-4,9-12H2,1-2H3,(H,23,27)(H,22,24,25). The molecule has 1 saturated carbocycles. The SMILES string of the molecule is Cc1cc(C(=O)Nc2ccc(N3CCC(C)CC3)cc2)nc(NC2CC2)n1. The molecule has 2 N–H and O–H groups in total. The third kappa shape index (κ3) is 4.56. The van der Waals surface area contributed by atoms with Gasteiger partial charge in [0.05, 0.1) is 0 Å². The minimum Gasteiger partial charge on any atom is -0.372 e. The Labute approximate surface area is 160 Å². The summed E-state index contributed by atoms with van der Waals surface area (Å²) in [5, 5.41) is 6.20. The van der Waals surface area contributed by atoms with Gasteiger partial charge in [0, 0.05) is 36.2 Å². The van der Waals surface area contributed by atoms with Gasteiger partial charge in [-0.25, -0.2) is 9.97 Å².